The second kappa shape index (κ2) is 5.79. The molecule has 0 spiro atoms. The van der Waals surface area contributed by atoms with Crippen molar-refractivity contribution in [3.63, 3.8) is 0 Å². The summed E-state index contributed by atoms with van der Waals surface area (Å²) >= 11 is 0. The first-order valence-electron chi connectivity index (χ1n) is 6.99. The van der Waals surface area contributed by atoms with Crippen LogP contribution in [0.25, 0.3) is 16.7 Å². The van der Waals surface area contributed by atoms with Gasteiger partial charge >= 0.3 is 0 Å². The van der Waals surface area contributed by atoms with Crippen molar-refractivity contribution >= 4 is 16.7 Å². The molecule has 2 aromatic carbocycles. The molecule has 1 heterocycles. The Labute approximate surface area is 123 Å². The van der Waals surface area contributed by atoms with E-state index in [-0.39, 0.29) is 0 Å². The molecule has 0 aliphatic heterocycles. The van der Waals surface area contributed by atoms with E-state index in [0.29, 0.717) is 6.61 Å². The summed E-state index contributed by atoms with van der Waals surface area (Å²) in [5, 5.41) is 4.05. The molecule has 4 nitrogen and oxygen atoms in total. The maximum Gasteiger partial charge on any atom is 0.114 e. The third kappa shape index (κ3) is 2.65. The number of rotatable bonds is 4. The highest BCUT2D eigenvalue weighted by Gasteiger charge is 2.04. The Morgan fingerprint density at radius 2 is 1.90 bits per heavy atom. The zero-order valence-corrected chi connectivity index (χ0v) is 12.2. The predicted octanol–water partition coefficient (Wildman–Crippen LogP) is 3.79. The third-order valence-corrected chi connectivity index (χ3v) is 3.35. The van der Waals surface area contributed by atoms with Gasteiger partial charge in [0.25, 0.3) is 0 Å². The summed E-state index contributed by atoms with van der Waals surface area (Å²) in [6, 6.07) is 16.3. The van der Waals surface area contributed by atoms with E-state index in [4.69, 9.17) is 4.84 Å². The average Bonchev–Trinajstić information content (AvgIpc) is 2.97. The van der Waals surface area contributed by atoms with Crippen molar-refractivity contribution in [1.82, 2.24) is 9.55 Å². The van der Waals surface area contributed by atoms with Gasteiger partial charge in [0.05, 0.1) is 16.7 Å². The van der Waals surface area contributed by atoms with Crippen LogP contribution in [0.1, 0.15) is 19.4 Å². The second-order valence-corrected chi connectivity index (χ2v) is 4.74. The highest BCUT2D eigenvalue weighted by atomic mass is 16.6. The Hall–Kier alpha value is -2.62. The van der Waals surface area contributed by atoms with Crippen molar-refractivity contribution in [2.75, 3.05) is 6.61 Å². The van der Waals surface area contributed by atoms with Gasteiger partial charge in [-0.2, -0.15) is 0 Å². The molecule has 21 heavy (non-hydrogen) atoms. The fourth-order valence-corrected chi connectivity index (χ4v) is 2.24. The van der Waals surface area contributed by atoms with Crippen molar-refractivity contribution in [1.29, 1.82) is 0 Å². The largest absolute Gasteiger partial charge is 0.396 e. The van der Waals surface area contributed by atoms with Gasteiger partial charge in [0.1, 0.15) is 12.9 Å². The Bertz CT molecular complexity index is 772. The molecule has 0 aliphatic rings. The van der Waals surface area contributed by atoms with Gasteiger partial charge in [-0.25, -0.2) is 4.98 Å². The van der Waals surface area contributed by atoms with Crippen LogP contribution < -0.4 is 0 Å². The molecule has 4 heteroatoms. The van der Waals surface area contributed by atoms with Gasteiger partial charge in [0.15, 0.2) is 0 Å². The van der Waals surface area contributed by atoms with E-state index in [0.717, 1.165) is 28.0 Å². The summed E-state index contributed by atoms with van der Waals surface area (Å²) < 4.78 is 2.08. The fraction of sp³-hybridized carbons (Fsp3) is 0.176. The van der Waals surface area contributed by atoms with E-state index in [1.165, 1.54) is 0 Å². The lowest BCUT2D eigenvalue weighted by Crippen LogP contribution is -1.98. The minimum Gasteiger partial charge on any atom is -0.396 e. The zero-order valence-electron chi connectivity index (χ0n) is 12.2. The van der Waals surface area contributed by atoms with Crippen LogP contribution in [0.3, 0.4) is 0 Å². The molecule has 3 aromatic rings. The first-order valence-corrected chi connectivity index (χ1v) is 6.99. The van der Waals surface area contributed by atoms with Gasteiger partial charge in [0, 0.05) is 5.69 Å². The van der Waals surface area contributed by atoms with E-state index in [2.05, 4.69) is 32.9 Å². The molecule has 0 bridgehead atoms. The van der Waals surface area contributed by atoms with E-state index in [9.17, 15) is 0 Å². The zero-order chi connectivity index (χ0) is 14.7. The Morgan fingerprint density at radius 3 is 2.67 bits per heavy atom. The lowest BCUT2D eigenvalue weighted by atomic mass is 10.1. The molecule has 1 aromatic heterocycles. The fourth-order valence-electron chi connectivity index (χ4n) is 2.24. The van der Waals surface area contributed by atoms with Gasteiger partial charge in [-0.05, 0) is 43.7 Å². The molecule has 0 saturated heterocycles. The molecular weight excluding hydrogens is 262 g/mol. The SMILES string of the molecule is CCO/N=C(/C)c1ccc(-n2cnc3ccccc32)cc1. The topological polar surface area (TPSA) is 39.4 Å². The smallest absolute Gasteiger partial charge is 0.114 e. The standard InChI is InChI=1S/C17H17N3O/c1-3-21-19-13(2)14-8-10-15(11-9-14)20-12-18-16-6-4-5-7-17(16)20/h4-12H,3H2,1-2H3/b19-13-. The van der Waals surface area contributed by atoms with Crippen LogP contribution in [-0.4, -0.2) is 21.9 Å². The maximum atomic E-state index is 5.08. The molecular formula is C17H17N3O. The maximum absolute atomic E-state index is 5.08. The van der Waals surface area contributed by atoms with Crippen LogP contribution in [-0.2, 0) is 4.84 Å². The van der Waals surface area contributed by atoms with Crippen molar-refractivity contribution in [2.24, 2.45) is 5.16 Å². The molecule has 106 valence electrons. The van der Waals surface area contributed by atoms with Crippen LogP contribution in [0.4, 0.5) is 0 Å². The molecule has 0 aliphatic carbocycles. The number of benzene rings is 2. The van der Waals surface area contributed by atoms with Crippen LogP contribution >= 0.6 is 0 Å². The molecule has 0 N–H and O–H groups in total. The van der Waals surface area contributed by atoms with Crippen LogP contribution in [0, 0.1) is 0 Å². The predicted molar refractivity (Wildman–Crippen MR) is 84.9 cm³/mol. The molecule has 0 radical (unpaired) electrons. The quantitative estimate of drug-likeness (QED) is 0.538. The van der Waals surface area contributed by atoms with E-state index < -0.39 is 0 Å². The van der Waals surface area contributed by atoms with Crippen molar-refractivity contribution in [3.8, 4) is 5.69 Å². The summed E-state index contributed by atoms with van der Waals surface area (Å²) in [7, 11) is 0. The number of oxime groups is 1. The summed E-state index contributed by atoms with van der Waals surface area (Å²) in [4.78, 5) is 9.49. The normalized spacial score (nSPS) is 11.8. The molecule has 0 fully saturated rings. The van der Waals surface area contributed by atoms with Crippen molar-refractivity contribution in [2.45, 2.75) is 13.8 Å². The van der Waals surface area contributed by atoms with Crippen molar-refractivity contribution in [3.05, 3.63) is 60.4 Å². The summed E-state index contributed by atoms with van der Waals surface area (Å²) in [6.45, 7) is 4.44. The van der Waals surface area contributed by atoms with Gasteiger partial charge in [-0.15, -0.1) is 0 Å². The van der Waals surface area contributed by atoms with Gasteiger partial charge in [0.2, 0.25) is 0 Å². The monoisotopic (exact) mass is 279 g/mol. The molecule has 0 unspecified atom stereocenters. The van der Waals surface area contributed by atoms with Crippen LogP contribution in [0.5, 0.6) is 0 Å². The lowest BCUT2D eigenvalue weighted by Gasteiger charge is -2.06. The van der Waals surface area contributed by atoms with Gasteiger partial charge in [-0.1, -0.05) is 29.4 Å². The molecule has 3 rings (SSSR count). The first-order chi connectivity index (χ1) is 10.3. The van der Waals surface area contributed by atoms with E-state index in [1.807, 2.05) is 50.5 Å². The van der Waals surface area contributed by atoms with Crippen LogP contribution in [0.2, 0.25) is 0 Å². The molecule has 0 atom stereocenters. The summed E-state index contributed by atoms with van der Waals surface area (Å²) in [5.74, 6) is 0. The second-order valence-electron chi connectivity index (χ2n) is 4.74. The van der Waals surface area contributed by atoms with Crippen molar-refractivity contribution < 1.29 is 4.84 Å². The summed E-state index contributed by atoms with van der Waals surface area (Å²) in [5.41, 5.74) is 5.10. The van der Waals surface area contributed by atoms with E-state index >= 15 is 0 Å². The number of hydrogen-bond donors (Lipinski definition) is 0. The average molecular weight is 279 g/mol. The highest BCUT2D eigenvalue weighted by Crippen LogP contribution is 2.18. The van der Waals surface area contributed by atoms with Gasteiger partial charge < -0.3 is 4.84 Å². The number of para-hydroxylation sites is 2. The Balaban J connectivity index is 1.94. The minimum absolute atomic E-state index is 0.580. The van der Waals surface area contributed by atoms with E-state index in [1.54, 1.807) is 0 Å². The third-order valence-electron chi connectivity index (χ3n) is 3.35. The number of fused-ring (bicyclic) bond motifs is 1. The van der Waals surface area contributed by atoms with Gasteiger partial charge in [-0.3, -0.25) is 4.57 Å². The number of imidazole rings is 1. The minimum atomic E-state index is 0.580. The number of nitrogens with zero attached hydrogens (tertiary/aromatic N) is 3. The first kappa shape index (κ1) is 13.4. The number of aromatic nitrogens is 2. The number of hydrogen-bond acceptors (Lipinski definition) is 3. The molecule has 0 saturated carbocycles. The Morgan fingerprint density at radius 1 is 1.14 bits per heavy atom. The molecule has 0 amide bonds. The Kier molecular flexibility index (Phi) is 3.69. The summed E-state index contributed by atoms with van der Waals surface area (Å²) in [6.07, 6.45) is 1.85. The highest BCUT2D eigenvalue weighted by molar-refractivity contribution is 5.98. The van der Waals surface area contributed by atoms with Crippen LogP contribution in [0.15, 0.2) is 60.0 Å². The lowest BCUT2D eigenvalue weighted by molar-refractivity contribution is 0.159.